The van der Waals surface area contributed by atoms with Crippen molar-refractivity contribution in [3.63, 3.8) is 0 Å². The molecule has 2 saturated heterocycles. The first kappa shape index (κ1) is 23.5. The van der Waals surface area contributed by atoms with E-state index in [9.17, 15) is 4.79 Å². The number of hydrogen-bond donors (Lipinski definition) is 1. The van der Waals surface area contributed by atoms with Gasteiger partial charge in [-0.25, -0.2) is 0 Å². The molecule has 0 bridgehead atoms. The number of amides is 1. The Morgan fingerprint density at radius 1 is 1.31 bits per heavy atom. The van der Waals surface area contributed by atoms with Crippen LogP contribution in [-0.2, 0) is 4.79 Å². The number of nitrogens with one attached hydrogen (secondary N) is 1. The molecule has 7 heteroatoms. The predicted octanol–water partition coefficient (Wildman–Crippen LogP) is 2.24. The van der Waals surface area contributed by atoms with Crippen LogP contribution >= 0.6 is 24.0 Å². The average molecular weight is 479 g/mol. The lowest BCUT2D eigenvalue weighted by Crippen LogP contribution is -2.66. The van der Waals surface area contributed by atoms with Gasteiger partial charge >= 0.3 is 0 Å². The van der Waals surface area contributed by atoms with E-state index in [4.69, 9.17) is 0 Å². The minimum atomic E-state index is -0.185. The third-order valence-corrected chi connectivity index (χ3v) is 5.53. The predicted molar refractivity (Wildman–Crippen MR) is 119 cm³/mol. The maximum Gasteiger partial charge on any atom is 0.242 e. The summed E-state index contributed by atoms with van der Waals surface area (Å²) in [6.07, 6.45) is 3.75. The van der Waals surface area contributed by atoms with E-state index in [0.29, 0.717) is 6.54 Å². The topological polar surface area (TPSA) is 51.2 Å². The van der Waals surface area contributed by atoms with Gasteiger partial charge in [0.25, 0.3) is 0 Å². The molecule has 0 aromatic carbocycles. The molecule has 2 heterocycles. The Morgan fingerprint density at radius 2 is 1.92 bits per heavy atom. The Kier molecular flexibility index (Phi) is 9.12. The molecule has 152 valence electrons. The van der Waals surface area contributed by atoms with Crippen LogP contribution in [-0.4, -0.2) is 85.0 Å². The second kappa shape index (κ2) is 10.1. The Hall–Kier alpha value is -0.570. The lowest BCUT2D eigenvalue weighted by atomic mass is 9.94. The van der Waals surface area contributed by atoms with Crippen LogP contribution < -0.4 is 5.32 Å². The molecule has 2 aliphatic rings. The first-order chi connectivity index (χ1) is 11.7. The zero-order valence-corrected chi connectivity index (χ0v) is 19.7. The fourth-order valence-electron chi connectivity index (χ4n) is 4.38. The molecule has 6 nitrogen and oxygen atoms in total. The van der Waals surface area contributed by atoms with Gasteiger partial charge < -0.3 is 20.0 Å². The van der Waals surface area contributed by atoms with Crippen molar-refractivity contribution in [2.75, 3.05) is 46.8 Å². The summed E-state index contributed by atoms with van der Waals surface area (Å²) in [6.45, 7) is 13.0. The molecule has 0 unspecified atom stereocenters. The number of nitrogens with zero attached hydrogens (tertiary/aromatic N) is 4. The average Bonchev–Trinajstić information content (AvgIpc) is 2.51. The standard InChI is InChI=1S/C19H37N5O.HI/c1-15(2)24-17(25)13-23(14-19(24,3)4)18(20-5)21-10-7-16-8-11-22(6)12-9-16;/h15-16H,7-14H2,1-6H3,(H,20,21);1H. The molecule has 0 aromatic heterocycles. The molecule has 2 rings (SSSR count). The number of carbonyl (C=O) groups excluding carboxylic acids is 1. The van der Waals surface area contributed by atoms with Gasteiger partial charge in [-0.05, 0) is 73.0 Å². The van der Waals surface area contributed by atoms with Crippen molar-refractivity contribution in [2.24, 2.45) is 10.9 Å². The Labute approximate surface area is 176 Å². The third-order valence-electron chi connectivity index (χ3n) is 5.53. The van der Waals surface area contributed by atoms with Crippen molar-refractivity contribution in [2.45, 2.75) is 58.5 Å². The maximum atomic E-state index is 12.6. The smallest absolute Gasteiger partial charge is 0.242 e. The Morgan fingerprint density at radius 3 is 2.42 bits per heavy atom. The van der Waals surface area contributed by atoms with E-state index in [2.05, 4.69) is 54.9 Å². The van der Waals surface area contributed by atoms with Crippen LogP contribution in [0, 0.1) is 5.92 Å². The van der Waals surface area contributed by atoms with Crippen molar-refractivity contribution in [1.29, 1.82) is 0 Å². The maximum absolute atomic E-state index is 12.6. The fourth-order valence-corrected chi connectivity index (χ4v) is 4.38. The molecule has 0 spiro atoms. The fraction of sp³-hybridized carbons (Fsp3) is 0.895. The highest BCUT2D eigenvalue weighted by Crippen LogP contribution is 2.24. The van der Waals surface area contributed by atoms with Gasteiger partial charge in [0.05, 0.1) is 12.1 Å². The lowest BCUT2D eigenvalue weighted by molar-refractivity contribution is -0.145. The van der Waals surface area contributed by atoms with Crippen molar-refractivity contribution in [1.82, 2.24) is 20.0 Å². The van der Waals surface area contributed by atoms with Crippen LogP contribution in [0.25, 0.3) is 0 Å². The molecule has 1 N–H and O–H groups in total. The summed E-state index contributed by atoms with van der Waals surface area (Å²) in [7, 11) is 4.01. The molecule has 2 fully saturated rings. The summed E-state index contributed by atoms with van der Waals surface area (Å²) >= 11 is 0. The molecule has 2 aliphatic heterocycles. The van der Waals surface area contributed by atoms with E-state index < -0.39 is 0 Å². The van der Waals surface area contributed by atoms with Gasteiger partial charge in [-0.3, -0.25) is 9.79 Å². The van der Waals surface area contributed by atoms with Gasteiger partial charge in [0, 0.05) is 26.2 Å². The second-order valence-electron chi connectivity index (χ2n) is 8.54. The Balaban J connectivity index is 0.00000338. The van der Waals surface area contributed by atoms with Crippen LogP contribution in [0.4, 0.5) is 0 Å². The van der Waals surface area contributed by atoms with E-state index >= 15 is 0 Å². The highest BCUT2D eigenvalue weighted by molar-refractivity contribution is 14.0. The molecule has 26 heavy (non-hydrogen) atoms. The quantitative estimate of drug-likeness (QED) is 0.382. The number of rotatable bonds is 4. The van der Waals surface area contributed by atoms with E-state index in [-0.39, 0.29) is 41.5 Å². The largest absolute Gasteiger partial charge is 0.356 e. The molecule has 0 aliphatic carbocycles. The van der Waals surface area contributed by atoms with Crippen LogP contribution in [0.15, 0.2) is 4.99 Å². The number of aliphatic imine (C=N–C) groups is 1. The number of piperazine rings is 1. The number of likely N-dealkylation sites (tertiary alicyclic amines) is 1. The van der Waals surface area contributed by atoms with Crippen LogP contribution in [0.3, 0.4) is 0 Å². The van der Waals surface area contributed by atoms with Crippen molar-refractivity contribution < 1.29 is 4.79 Å². The van der Waals surface area contributed by atoms with Crippen molar-refractivity contribution in [3.05, 3.63) is 0 Å². The molecular weight excluding hydrogens is 441 g/mol. The summed E-state index contributed by atoms with van der Waals surface area (Å²) in [4.78, 5) is 23.6. The molecule has 0 radical (unpaired) electrons. The Bertz CT molecular complexity index is 486. The first-order valence-corrected chi connectivity index (χ1v) is 9.71. The zero-order valence-electron chi connectivity index (χ0n) is 17.4. The highest BCUT2D eigenvalue weighted by Gasteiger charge is 2.40. The van der Waals surface area contributed by atoms with E-state index in [0.717, 1.165) is 25.0 Å². The molecule has 0 atom stereocenters. The summed E-state index contributed by atoms with van der Waals surface area (Å²) < 4.78 is 0. The van der Waals surface area contributed by atoms with Crippen LogP contribution in [0.2, 0.25) is 0 Å². The van der Waals surface area contributed by atoms with Crippen molar-refractivity contribution >= 4 is 35.8 Å². The van der Waals surface area contributed by atoms with E-state index in [1.165, 1.54) is 32.4 Å². The molecular formula is C19H38IN5O. The molecule has 0 aromatic rings. The van der Waals surface area contributed by atoms with Crippen LogP contribution in [0.1, 0.15) is 47.0 Å². The minimum absolute atomic E-state index is 0. The van der Waals surface area contributed by atoms with Gasteiger partial charge in [-0.2, -0.15) is 0 Å². The van der Waals surface area contributed by atoms with Gasteiger partial charge in [-0.1, -0.05) is 0 Å². The van der Waals surface area contributed by atoms with E-state index in [1.54, 1.807) is 0 Å². The number of guanidine groups is 1. The summed E-state index contributed by atoms with van der Waals surface area (Å²) in [5.41, 5.74) is -0.185. The second-order valence-corrected chi connectivity index (χ2v) is 8.54. The zero-order chi connectivity index (χ0) is 18.6. The normalized spacial score (nSPS) is 22.6. The summed E-state index contributed by atoms with van der Waals surface area (Å²) in [6, 6.07) is 0.226. The molecule has 1 amide bonds. The monoisotopic (exact) mass is 479 g/mol. The highest BCUT2D eigenvalue weighted by atomic mass is 127. The van der Waals surface area contributed by atoms with Gasteiger partial charge in [-0.15, -0.1) is 24.0 Å². The van der Waals surface area contributed by atoms with Crippen LogP contribution in [0.5, 0.6) is 0 Å². The van der Waals surface area contributed by atoms with Gasteiger partial charge in [0.2, 0.25) is 5.91 Å². The first-order valence-electron chi connectivity index (χ1n) is 9.71. The number of halogens is 1. The van der Waals surface area contributed by atoms with Crippen molar-refractivity contribution in [3.8, 4) is 0 Å². The molecule has 0 saturated carbocycles. The van der Waals surface area contributed by atoms with Gasteiger partial charge in [0.1, 0.15) is 0 Å². The number of piperidine rings is 1. The summed E-state index contributed by atoms with van der Waals surface area (Å²) in [5, 5.41) is 3.49. The van der Waals surface area contributed by atoms with E-state index in [1.807, 2.05) is 11.9 Å². The lowest BCUT2D eigenvalue weighted by Gasteiger charge is -2.49. The van der Waals surface area contributed by atoms with Gasteiger partial charge in [0.15, 0.2) is 5.96 Å². The number of hydrogen-bond acceptors (Lipinski definition) is 3. The minimum Gasteiger partial charge on any atom is -0.356 e. The third kappa shape index (κ3) is 5.97. The number of carbonyl (C=O) groups is 1. The summed E-state index contributed by atoms with van der Waals surface area (Å²) in [5.74, 6) is 1.85. The SMILES string of the molecule is CN=C(NCCC1CCN(C)CC1)N1CC(=O)N(C(C)C)C(C)(C)C1.I.